The van der Waals surface area contributed by atoms with Gasteiger partial charge in [-0.2, -0.15) is 8.42 Å². The van der Waals surface area contributed by atoms with Crippen molar-refractivity contribution in [3.63, 3.8) is 0 Å². The second kappa shape index (κ2) is 7.17. The van der Waals surface area contributed by atoms with E-state index >= 15 is 0 Å². The lowest BCUT2D eigenvalue weighted by molar-refractivity contribution is 0.385. The second-order valence-corrected chi connectivity index (χ2v) is 6.73. The van der Waals surface area contributed by atoms with E-state index in [9.17, 15) is 13.2 Å². The maximum atomic E-state index is 12.7. The molecule has 10 heteroatoms. The van der Waals surface area contributed by atoms with Gasteiger partial charge in [-0.1, -0.05) is 23.4 Å². The van der Waals surface area contributed by atoms with Crippen molar-refractivity contribution in [2.75, 3.05) is 14.1 Å². The zero-order valence-electron chi connectivity index (χ0n) is 14.4. The Morgan fingerprint density at radius 1 is 1.15 bits per heavy atom. The lowest BCUT2D eigenvalue weighted by Crippen LogP contribution is -2.07. The Bertz CT molecular complexity index is 1180. The van der Waals surface area contributed by atoms with Gasteiger partial charge in [-0.05, 0) is 29.8 Å². The summed E-state index contributed by atoms with van der Waals surface area (Å²) in [7, 11) is -1.51. The zero-order valence-corrected chi connectivity index (χ0v) is 15.2. The summed E-state index contributed by atoms with van der Waals surface area (Å²) in [6.45, 7) is 0. The molecule has 1 N–H and O–H groups in total. The Hall–Kier alpha value is -3.24. The molecule has 3 rings (SSSR count). The van der Waals surface area contributed by atoms with Crippen molar-refractivity contribution in [3.05, 3.63) is 59.0 Å². The molecule has 0 atom stereocenters. The maximum Gasteiger partial charge on any atom is 0.446 e. The summed E-state index contributed by atoms with van der Waals surface area (Å²) >= 11 is 0. The molecule has 0 unspecified atom stereocenters. The molecule has 2 aromatic carbocycles. The average Bonchev–Trinajstić information content (AvgIpc) is 2.60. The predicted octanol–water partition coefficient (Wildman–Crippen LogP) is 3.20. The predicted molar refractivity (Wildman–Crippen MR) is 98.3 cm³/mol. The van der Waals surface area contributed by atoms with Crippen molar-refractivity contribution >= 4 is 27.1 Å². The van der Waals surface area contributed by atoms with Crippen LogP contribution in [0, 0.1) is 0 Å². The summed E-state index contributed by atoms with van der Waals surface area (Å²) in [6, 6.07) is 10.9. The Kier molecular flexibility index (Phi) is 4.93. The van der Waals surface area contributed by atoms with Crippen LogP contribution in [0.15, 0.2) is 68.3 Å². The van der Waals surface area contributed by atoms with Gasteiger partial charge in [-0.3, -0.25) is 14.4 Å². The van der Waals surface area contributed by atoms with Crippen LogP contribution in [0.4, 0.5) is 5.69 Å². The molecule has 1 aromatic heterocycles. The third kappa shape index (κ3) is 4.30. The van der Waals surface area contributed by atoms with Crippen LogP contribution in [0.5, 0.6) is 5.75 Å². The molecule has 0 bridgehead atoms. The molecular formula is C17H15N3O6S. The van der Waals surface area contributed by atoms with Crippen LogP contribution in [0.25, 0.3) is 22.1 Å². The van der Waals surface area contributed by atoms with Gasteiger partial charge in [-0.25, -0.2) is 0 Å². The number of rotatable bonds is 5. The largest absolute Gasteiger partial charge is 0.463 e. The highest BCUT2D eigenvalue weighted by Crippen LogP contribution is 2.33. The minimum atomic E-state index is -4.75. The van der Waals surface area contributed by atoms with Gasteiger partial charge in [0.1, 0.15) is 17.5 Å². The first-order valence-electron chi connectivity index (χ1n) is 7.65. The van der Waals surface area contributed by atoms with Gasteiger partial charge >= 0.3 is 10.4 Å². The highest BCUT2D eigenvalue weighted by atomic mass is 32.3. The van der Waals surface area contributed by atoms with Gasteiger partial charge in [0.05, 0.1) is 10.9 Å². The molecule has 0 saturated carbocycles. The number of benzene rings is 2. The Morgan fingerprint density at radius 2 is 1.89 bits per heavy atom. The molecule has 3 aromatic rings. The fourth-order valence-corrected chi connectivity index (χ4v) is 2.73. The first-order chi connectivity index (χ1) is 12.7. The van der Waals surface area contributed by atoms with E-state index in [1.54, 1.807) is 38.4 Å². The molecule has 140 valence electrons. The van der Waals surface area contributed by atoms with E-state index in [0.717, 1.165) is 0 Å². The molecule has 27 heavy (non-hydrogen) atoms. The van der Waals surface area contributed by atoms with Gasteiger partial charge in [0.15, 0.2) is 11.2 Å². The summed E-state index contributed by atoms with van der Waals surface area (Å²) in [5.41, 5.74) is 0.880. The maximum absolute atomic E-state index is 12.7. The van der Waals surface area contributed by atoms with E-state index in [1.807, 2.05) is 0 Å². The van der Waals surface area contributed by atoms with E-state index in [2.05, 4.69) is 14.5 Å². The topological polar surface area (TPSA) is 122 Å². The third-order valence-electron chi connectivity index (χ3n) is 3.48. The fraction of sp³-hybridized carbons (Fsp3) is 0.118. The van der Waals surface area contributed by atoms with Gasteiger partial charge in [0.25, 0.3) is 0 Å². The Morgan fingerprint density at radius 3 is 2.59 bits per heavy atom. The molecular weight excluding hydrogens is 374 g/mol. The molecule has 0 aliphatic rings. The standard InChI is InChI=1S/C17H15N3O6S/c1-20(2)19-18-14-9-11(7-8-16(14)26-27(22,23)24)13-10-25-15-6-4-3-5-12(15)17(13)21/h3-10H,1-2H3,(H,22,23,24). The fourth-order valence-electron chi connectivity index (χ4n) is 2.36. The number of hydrogen-bond donors (Lipinski definition) is 1. The molecule has 0 saturated heterocycles. The smallest absolute Gasteiger partial charge is 0.446 e. The van der Waals surface area contributed by atoms with Crippen molar-refractivity contribution in [1.29, 1.82) is 0 Å². The van der Waals surface area contributed by atoms with E-state index in [0.29, 0.717) is 16.5 Å². The first-order valence-corrected chi connectivity index (χ1v) is 9.02. The quantitative estimate of drug-likeness (QED) is 0.404. The van der Waals surface area contributed by atoms with E-state index < -0.39 is 10.4 Å². The van der Waals surface area contributed by atoms with Gasteiger partial charge in [-0.15, -0.1) is 5.11 Å². The van der Waals surface area contributed by atoms with Gasteiger partial charge < -0.3 is 8.60 Å². The van der Waals surface area contributed by atoms with Crippen molar-refractivity contribution in [2.45, 2.75) is 0 Å². The Labute approximate surface area is 154 Å². The lowest BCUT2D eigenvalue weighted by Gasteiger charge is -2.08. The summed E-state index contributed by atoms with van der Waals surface area (Å²) < 4.78 is 41.0. The second-order valence-electron chi connectivity index (χ2n) is 5.70. The van der Waals surface area contributed by atoms with Crippen LogP contribution in [0.3, 0.4) is 0 Å². The summed E-state index contributed by atoms with van der Waals surface area (Å²) in [6.07, 6.45) is 1.32. The van der Waals surface area contributed by atoms with Crippen LogP contribution in [-0.2, 0) is 10.4 Å². The highest BCUT2D eigenvalue weighted by Gasteiger charge is 2.15. The number of para-hydroxylation sites is 1. The monoisotopic (exact) mass is 389 g/mol. The third-order valence-corrected chi connectivity index (χ3v) is 3.87. The zero-order chi connectivity index (χ0) is 19.6. The van der Waals surface area contributed by atoms with E-state index in [-0.39, 0.29) is 22.4 Å². The lowest BCUT2D eigenvalue weighted by atomic mass is 10.0. The van der Waals surface area contributed by atoms with Crippen LogP contribution >= 0.6 is 0 Å². The molecule has 1 heterocycles. The van der Waals surface area contributed by atoms with Crippen LogP contribution < -0.4 is 9.61 Å². The molecule has 0 radical (unpaired) electrons. The molecule has 0 fully saturated rings. The van der Waals surface area contributed by atoms with Gasteiger partial charge in [0, 0.05) is 14.1 Å². The van der Waals surface area contributed by atoms with Crippen LogP contribution in [0.1, 0.15) is 0 Å². The molecule has 0 aliphatic heterocycles. The van der Waals surface area contributed by atoms with Crippen molar-refractivity contribution in [2.24, 2.45) is 10.3 Å². The average molecular weight is 389 g/mol. The minimum absolute atomic E-state index is 0.00591. The van der Waals surface area contributed by atoms with E-state index in [4.69, 9.17) is 8.97 Å². The molecule has 0 spiro atoms. The number of nitrogens with zero attached hydrogens (tertiary/aromatic N) is 3. The van der Waals surface area contributed by atoms with Crippen molar-refractivity contribution in [3.8, 4) is 16.9 Å². The first kappa shape index (κ1) is 18.5. The summed E-state index contributed by atoms with van der Waals surface area (Å²) in [5, 5.41) is 9.47. The molecule has 9 nitrogen and oxygen atoms in total. The van der Waals surface area contributed by atoms with Crippen molar-refractivity contribution in [1.82, 2.24) is 5.01 Å². The summed E-state index contributed by atoms with van der Waals surface area (Å²) in [5.74, 6) is -0.239. The highest BCUT2D eigenvalue weighted by molar-refractivity contribution is 7.81. The SMILES string of the molecule is CN(C)N=Nc1cc(-c2coc3ccccc3c2=O)ccc1OS(=O)(=O)O. The van der Waals surface area contributed by atoms with Crippen LogP contribution in [0.2, 0.25) is 0 Å². The number of fused-ring (bicyclic) bond motifs is 1. The number of hydrogen-bond acceptors (Lipinski definition) is 7. The van der Waals surface area contributed by atoms with Crippen LogP contribution in [-0.4, -0.2) is 32.1 Å². The summed E-state index contributed by atoms with van der Waals surface area (Å²) in [4.78, 5) is 12.7. The minimum Gasteiger partial charge on any atom is -0.463 e. The van der Waals surface area contributed by atoms with Gasteiger partial charge in [0.2, 0.25) is 0 Å². The van der Waals surface area contributed by atoms with E-state index in [1.165, 1.54) is 29.5 Å². The Balaban J connectivity index is 2.16. The van der Waals surface area contributed by atoms with Crippen molar-refractivity contribution < 1.29 is 21.6 Å². The normalized spacial score (nSPS) is 11.8. The molecule has 0 aliphatic carbocycles. The molecule has 0 amide bonds.